The van der Waals surface area contributed by atoms with E-state index in [1.54, 1.807) is 11.3 Å². The molecule has 1 nitrogen and oxygen atoms in total. The van der Waals surface area contributed by atoms with Crippen molar-refractivity contribution in [3.8, 4) is 0 Å². The maximum Gasteiger partial charge on any atom is 0.0843 e. The lowest BCUT2D eigenvalue weighted by molar-refractivity contribution is 0.767. The van der Waals surface area contributed by atoms with Crippen LogP contribution in [0.4, 0.5) is 0 Å². The van der Waals surface area contributed by atoms with Crippen LogP contribution < -0.4 is 5.32 Å². The van der Waals surface area contributed by atoms with Gasteiger partial charge in [-0.05, 0) is 51.8 Å². The quantitative estimate of drug-likeness (QED) is 0.636. The van der Waals surface area contributed by atoms with Gasteiger partial charge in [0.1, 0.15) is 0 Å². The summed E-state index contributed by atoms with van der Waals surface area (Å²) < 4.78 is 2.30. The number of hydrogen-bond donors (Lipinski definition) is 1. The molecule has 0 aliphatic rings. The van der Waals surface area contributed by atoms with Crippen LogP contribution >= 0.6 is 43.2 Å². The first-order valence-electron chi connectivity index (χ1n) is 4.37. The molecule has 1 rings (SSSR count). The Morgan fingerprint density at radius 1 is 1.50 bits per heavy atom. The summed E-state index contributed by atoms with van der Waals surface area (Å²) in [5.74, 6) is 0. The molecule has 14 heavy (non-hydrogen) atoms. The highest BCUT2D eigenvalue weighted by atomic mass is 79.9. The van der Waals surface area contributed by atoms with E-state index in [9.17, 15) is 0 Å². The van der Waals surface area contributed by atoms with Crippen LogP contribution in [0.2, 0.25) is 0 Å². The van der Waals surface area contributed by atoms with Crippen molar-refractivity contribution in [1.29, 1.82) is 0 Å². The van der Waals surface area contributed by atoms with Crippen molar-refractivity contribution in [2.24, 2.45) is 0 Å². The van der Waals surface area contributed by atoms with Crippen LogP contribution in [0.15, 0.2) is 26.0 Å². The number of halogens is 2. The second kappa shape index (κ2) is 6.05. The van der Waals surface area contributed by atoms with E-state index >= 15 is 0 Å². The molecule has 0 atom stereocenters. The van der Waals surface area contributed by atoms with Crippen molar-refractivity contribution in [2.75, 3.05) is 6.54 Å². The molecule has 0 radical (unpaired) electrons. The lowest BCUT2D eigenvalue weighted by Crippen LogP contribution is -2.11. The minimum atomic E-state index is 0.929. The number of nitrogens with one attached hydrogen (secondary N) is 1. The van der Waals surface area contributed by atoms with Crippen molar-refractivity contribution in [2.45, 2.75) is 20.4 Å². The summed E-state index contributed by atoms with van der Waals surface area (Å²) in [6.07, 6.45) is 2.19. The standard InChI is InChI=1S/C10H13Br2NS/c1-7(2)3-4-13-6-8-5-9(11)10(12)14-8/h3,5,13H,4,6H2,1-2H3. The summed E-state index contributed by atoms with van der Waals surface area (Å²) in [4.78, 5) is 1.34. The summed E-state index contributed by atoms with van der Waals surface area (Å²) >= 11 is 8.71. The predicted molar refractivity (Wildman–Crippen MR) is 70.9 cm³/mol. The van der Waals surface area contributed by atoms with E-state index in [0.717, 1.165) is 21.3 Å². The molecule has 0 fully saturated rings. The van der Waals surface area contributed by atoms with E-state index in [1.807, 2.05) is 0 Å². The summed E-state index contributed by atoms with van der Waals surface area (Å²) in [5, 5.41) is 3.37. The van der Waals surface area contributed by atoms with Gasteiger partial charge in [-0.2, -0.15) is 0 Å². The average Bonchev–Trinajstić information content (AvgIpc) is 2.40. The lowest BCUT2D eigenvalue weighted by atomic mass is 10.3. The Bertz CT molecular complexity index is 307. The third-order valence-electron chi connectivity index (χ3n) is 1.65. The number of allylic oxidation sites excluding steroid dienone is 1. The minimum absolute atomic E-state index is 0.929. The zero-order chi connectivity index (χ0) is 10.6. The van der Waals surface area contributed by atoms with Crippen LogP contribution in [0.1, 0.15) is 18.7 Å². The van der Waals surface area contributed by atoms with Crippen molar-refractivity contribution in [1.82, 2.24) is 5.32 Å². The van der Waals surface area contributed by atoms with Crippen molar-refractivity contribution < 1.29 is 0 Å². The Balaban J connectivity index is 2.35. The summed E-state index contributed by atoms with van der Waals surface area (Å²) in [7, 11) is 0. The molecule has 0 saturated carbocycles. The fourth-order valence-electron chi connectivity index (χ4n) is 0.950. The zero-order valence-electron chi connectivity index (χ0n) is 8.23. The highest BCUT2D eigenvalue weighted by Crippen LogP contribution is 2.32. The van der Waals surface area contributed by atoms with Gasteiger partial charge in [-0.25, -0.2) is 0 Å². The molecule has 0 spiro atoms. The molecule has 1 aromatic heterocycles. The van der Waals surface area contributed by atoms with Crippen LogP contribution in [0.25, 0.3) is 0 Å². The van der Waals surface area contributed by atoms with Gasteiger partial charge >= 0.3 is 0 Å². The highest BCUT2D eigenvalue weighted by molar-refractivity contribution is 9.13. The van der Waals surface area contributed by atoms with Crippen LogP contribution in [0.5, 0.6) is 0 Å². The molecule has 0 aliphatic heterocycles. The van der Waals surface area contributed by atoms with Gasteiger partial charge in [-0.1, -0.05) is 11.6 Å². The maximum absolute atomic E-state index is 3.48. The van der Waals surface area contributed by atoms with Crippen LogP contribution in [-0.2, 0) is 6.54 Å². The molecule has 78 valence electrons. The third-order valence-corrected chi connectivity index (χ3v) is 4.91. The Hall–Kier alpha value is 0.360. The topological polar surface area (TPSA) is 12.0 Å². The number of thiophene rings is 1. The van der Waals surface area contributed by atoms with Crippen LogP contribution in [-0.4, -0.2) is 6.54 Å². The molecule has 0 aliphatic carbocycles. The van der Waals surface area contributed by atoms with E-state index in [0.29, 0.717) is 0 Å². The normalized spacial score (nSPS) is 10.3. The fraction of sp³-hybridized carbons (Fsp3) is 0.400. The minimum Gasteiger partial charge on any atom is -0.308 e. The molecule has 1 N–H and O–H groups in total. The molecule has 4 heteroatoms. The first kappa shape index (κ1) is 12.4. The number of rotatable bonds is 4. The highest BCUT2D eigenvalue weighted by Gasteiger charge is 2.02. The summed E-state index contributed by atoms with van der Waals surface area (Å²) in [5.41, 5.74) is 1.35. The monoisotopic (exact) mass is 337 g/mol. The van der Waals surface area contributed by atoms with E-state index in [4.69, 9.17) is 0 Å². The predicted octanol–water partition coefficient (Wildman–Crippen LogP) is 4.33. The average molecular weight is 339 g/mol. The molecule has 0 saturated heterocycles. The van der Waals surface area contributed by atoms with Crippen LogP contribution in [0, 0.1) is 0 Å². The molecule has 0 amide bonds. The SMILES string of the molecule is CC(C)=CCNCc1cc(Br)c(Br)s1. The van der Waals surface area contributed by atoms with E-state index in [-0.39, 0.29) is 0 Å². The van der Waals surface area contributed by atoms with Gasteiger partial charge in [0.05, 0.1) is 3.79 Å². The smallest absolute Gasteiger partial charge is 0.0843 e. The molecular formula is C10H13Br2NS. The Labute approximate surface area is 106 Å². The van der Waals surface area contributed by atoms with Gasteiger partial charge in [0.15, 0.2) is 0 Å². The van der Waals surface area contributed by atoms with Crippen molar-refractivity contribution in [3.05, 3.63) is 30.9 Å². The van der Waals surface area contributed by atoms with E-state index in [1.165, 1.54) is 10.5 Å². The summed E-state index contributed by atoms with van der Waals surface area (Å²) in [6, 6.07) is 2.14. The fourth-order valence-corrected chi connectivity index (χ4v) is 3.10. The molecular weight excluding hydrogens is 326 g/mol. The van der Waals surface area contributed by atoms with Gasteiger partial charge in [0.2, 0.25) is 0 Å². The van der Waals surface area contributed by atoms with Gasteiger partial charge in [-0.3, -0.25) is 0 Å². The second-order valence-corrected chi connectivity index (χ2v) is 6.56. The van der Waals surface area contributed by atoms with Crippen molar-refractivity contribution >= 4 is 43.2 Å². The first-order chi connectivity index (χ1) is 6.59. The van der Waals surface area contributed by atoms with Gasteiger partial charge in [0.25, 0.3) is 0 Å². The molecule has 0 aromatic carbocycles. The van der Waals surface area contributed by atoms with E-state index in [2.05, 4.69) is 63.2 Å². The molecule has 1 aromatic rings. The van der Waals surface area contributed by atoms with Gasteiger partial charge < -0.3 is 5.32 Å². The first-order valence-corrected chi connectivity index (χ1v) is 6.77. The lowest BCUT2D eigenvalue weighted by Gasteiger charge is -1.98. The largest absolute Gasteiger partial charge is 0.308 e. The maximum atomic E-state index is 3.48. The molecule has 0 unspecified atom stereocenters. The molecule has 1 heterocycles. The summed E-state index contributed by atoms with van der Waals surface area (Å²) in [6.45, 7) is 6.09. The Kier molecular flexibility index (Phi) is 5.38. The third kappa shape index (κ3) is 4.26. The Morgan fingerprint density at radius 3 is 2.71 bits per heavy atom. The van der Waals surface area contributed by atoms with Crippen LogP contribution in [0.3, 0.4) is 0 Å². The zero-order valence-corrected chi connectivity index (χ0v) is 12.2. The Morgan fingerprint density at radius 2 is 2.21 bits per heavy atom. The van der Waals surface area contributed by atoms with Crippen molar-refractivity contribution in [3.63, 3.8) is 0 Å². The van der Waals surface area contributed by atoms with E-state index < -0.39 is 0 Å². The molecule has 0 bridgehead atoms. The second-order valence-electron chi connectivity index (χ2n) is 3.25. The van der Waals surface area contributed by atoms with Gasteiger partial charge in [0, 0.05) is 22.4 Å². The number of hydrogen-bond acceptors (Lipinski definition) is 2. The van der Waals surface area contributed by atoms with Gasteiger partial charge in [-0.15, -0.1) is 11.3 Å².